The number of amides is 1. The van der Waals surface area contributed by atoms with Gasteiger partial charge in [0.05, 0.1) is 12.6 Å². The number of carbonyl (C=O) groups excluding carboxylic acids is 2. The van der Waals surface area contributed by atoms with E-state index in [4.69, 9.17) is 9.47 Å². The van der Waals surface area contributed by atoms with Crippen LogP contribution in [0.15, 0.2) is 30.3 Å². The van der Waals surface area contributed by atoms with Crippen molar-refractivity contribution in [3.63, 3.8) is 0 Å². The fourth-order valence-corrected chi connectivity index (χ4v) is 2.22. The highest BCUT2D eigenvalue weighted by molar-refractivity contribution is 5.89. The molecule has 0 aromatic heterocycles. The van der Waals surface area contributed by atoms with Gasteiger partial charge in [-0.3, -0.25) is 4.79 Å². The Labute approximate surface area is 104 Å². The molecule has 1 amide bonds. The van der Waals surface area contributed by atoms with Crippen molar-refractivity contribution in [1.29, 1.82) is 0 Å². The quantitative estimate of drug-likeness (QED) is 0.582. The minimum Gasteiger partial charge on any atom is -0.457 e. The fraction of sp³-hybridized carbons (Fsp3) is 0.385. The molecule has 2 heterocycles. The minimum atomic E-state index is -0.847. The summed E-state index contributed by atoms with van der Waals surface area (Å²) in [6.07, 6.45) is -0.373. The number of fused-ring (bicyclic) bond motifs is 1. The van der Waals surface area contributed by atoms with E-state index in [0.29, 0.717) is 13.0 Å². The van der Waals surface area contributed by atoms with Crippen molar-refractivity contribution < 1.29 is 19.1 Å². The lowest BCUT2D eigenvalue weighted by Crippen LogP contribution is -2.55. The average Bonchev–Trinajstić information content (AvgIpc) is 2.74. The van der Waals surface area contributed by atoms with Gasteiger partial charge in [0.2, 0.25) is 12.1 Å². The van der Waals surface area contributed by atoms with E-state index in [9.17, 15) is 9.59 Å². The van der Waals surface area contributed by atoms with Gasteiger partial charge < -0.3 is 14.4 Å². The van der Waals surface area contributed by atoms with Crippen molar-refractivity contribution in [2.75, 3.05) is 6.61 Å². The summed E-state index contributed by atoms with van der Waals surface area (Å²) in [5, 5.41) is 0. The summed E-state index contributed by atoms with van der Waals surface area (Å²) >= 11 is 0. The van der Waals surface area contributed by atoms with Crippen LogP contribution >= 0.6 is 0 Å². The second-order valence-corrected chi connectivity index (χ2v) is 4.44. The van der Waals surface area contributed by atoms with Gasteiger partial charge in [0.15, 0.2) is 0 Å². The molecule has 2 saturated heterocycles. The van der Waals surface area contributed by atoms with Crippen LogP contribution in [-0.2, 0) is 25.7 Å². The number of carbonyl (C=O) groups is 2. The van der Waals surface area contributed by atoms with Crippen molar-refractivity contribution in [2.45, 2.75) is 25.3 Å². The van der Waals surface area contributed by atoms with Crippen molar-refractivity contribution in [3.05, 3.63) is 35.9 Å². The number of ether oxygens (including phenoxy) is 2. The van der Waals surface area contributed by atoms with Crippen LogP contribution < -0.4 is 0 Å². The number of hydrogen-bond donors (Lipinski definition) is 0. The molecule has 0 unspecified atom stereocenters. The zero-order valence-electron chi connectivity index (χ0n) is 9.74. The Morgan fingerprint density at radius 3 is 2.89 bits per heavy atom. The Balaban J connectivity index is 1.57. The van der Waals surface area contributed by atoms with Crippen LogP contribution in [0.25, 0.3) is 0 Å². The molecule has 0 spiro atoms. The average molecular weight is 247 g/mol. The highest BCUT2D eigenvalue weighted by Crippen LogP contribution is 2.30. The largest absolute Gasteiger partial charge is 0.457 e. The zero-order valence-corrected chi connectivity index (χ0v) is 9.74. The third-order valence-electron chi connectivity index (χ3n) is 3.22. The molecule has 2 atom stereocenters. The van der Waals surface area contributed by atoms with Crippen LogP contribution in [0.2, 0.25) is 0 Å². The predicted octanol–water partition coefficient (Wildman–Crippen LogP) is 0.687. The summed E-state index contributed by atoms with van der Waals surface area (Å²) in [6.45, 7) is 0.628. The molecule has 5 heteroatoms. The first-order valence-electron chi connectivity index (χ1n) is 5.89. The molecule has 18 heavy (non-hydrogen) atoms. The third-order valence-corrected chi connectivity index (χ3v) is 3.22. The number of esters is 1. The standard InChI is InChI=1S/C13H13NO4/c15-11-6-10-8-17-12(14(10)11)13(16)18-7-9-4-2-1-3-5-9/h1-5,10,12H,6-8H2/t10-,12+/m1/s1. The molecule has 5 nitrogen and oxygen atoms in total. The van der Waals surface area contributed by atoms with Crippen LogP contribution in [0.1, 0.15) is 12.0 Å². The minimum absolute atomic E-state index is 0.0424. The maximum atomic E-state index is 11.8. The van der Waals surface area contributed by atoms with Crippen molar-refractivity contribution >= 4 is 11.9 Å². The van der Waals surface area contributed by atoms with E-state index in [0.717, 1.165) is 5.56 Å². The van der Waals surface area contributed by atoms with Gasteiger partial charge in [0.25, 0.3) is 0 Å². The number of β-lactam (4-membered cyclic amide) rings is 1. The number of benzene rings is 1. The number of nitrogens with zero attached hydrogens (tertiary/aromatic N) is 1. The smallest absolute Gasteiger partial charge is 0.357 e. The molecule has 0 N–H and O–H groups in total. The van der Waals surface area contributed by atoms with Crippen molar-refractivity contribution in [2.24, 2.45) is 0 Å². The molecular weight excluding hydrogens is 234 g/mol. The maximum absolute atomic E-state index is 11.8. The molecule has 3 rings (SSSR count). The summed E-state index contributed by atoms with van der Waals surface area (Å²) < 4.78 is 10.4. The molecular formula is C13H13NO4. The molecule has 0 aliphatic carbocycles. The van der Waals surface area contributed by atoms with Gasteiger partial charge in [0, 0.05) is 6.42 Å². The van der Waals surface area contributed by atoms with Crippen LogP contribution in [0.4, 0.5) is 0 Å². The molecule has 94 valence electrons. The molecule has 2 aliphatic heterocycles. The van der Waals surface area contributed by atoms with Crippen molar-refractivity contribution in [3.8, 4) is 0 Å². The van der Waals surface area contributed by atoms with E-state index in [1.807, 2.05) is 30.3 Å². The molecule has 1 aromatic carbocycles. The predicted molar refractivity (Wildman–Crippen MR) is 61.2 cm³/mol. The van der Waals surface area contributed by atoms with Gasteiger partial charge in [-0.1, -0.05) is 30.3 Å². The summed E-state index contributed by atoms with van der Waals surface area (Å²) in [5.41, 5.74) is 0.912. The van der Waals surface area contributed by atoms with Crippen molar-refractivity contribution in [1.82, 2.24) is 4.90 Å². The zero-order chi connectivity index (χ0) is 12.5. The topological polar surface area (TPSA) is 55.8 Å². The van der Waals surface area contributed by atoms with Gasteiger partial charge >= 0.3 is 5.97 Å². The van der Waals surface area contributed by atoms with E-state index >= 15 is 0 Å². The van der Waals surface area contributed by atoms with Gasteiger partial charge in [-0.25, -0.2) is 4.79 Å². The first-order chi connectivity index (χ1) is 8.75. The molecule has 2 fully saturated rings. The van der Waals surface area contributed by atoms with E-state index in [2.05, 4.69) is 0 Å². The van der Waals surface area contributed by atoms with Gasteiger partial charge in [-0.05, 0) is 5.56 Å². The van der Waals surface area contributed by atoms with Gasteiger partial charge in [-0.2, -0.15) is 0 Å². The van der Waals surface area contributed by atoms with Gasteiger partial charge in [-0.15, -0.1) is 0 Å². The lowest BCUT2D eigenvalue weighted by Gasteiger charge is -2.34. The van der Waals surface area contributed by atoms with Crippen LogP contribution in [-0.4, -0.2) is 35.7 Å². The highest BCUT2D eigenvalue weighted by Gasteiger charge is 2.50. The summed E-state index contributed by atoms with van der Waals surface area (Å²) in [4.78, 5) is 24.6. The van der Waals surface area contributed by atoms with Gasteiger partial charge in [0.1, 0.15) is 6.61 Å². The van der Waals surface area contributed by atoms with E-state index < -0.39 is 12.2 Å². The SMILES string of the molecule is O=C(OCc1ccccc1)[C@@H]1OC[C@H]2CC(=O)N21. The number of rotatable bonds is 3. The maximum Gasteiger partial charge on any atom is 0.357 e. The summed E-state index contributed by atoms with van der Waals surface area (Å²) in [6, 6.07) is 9.47. The molecule has 0 radical (unpaired) electrons. The molecule has 1 aromatic rings. The lowest BCUT2D eigenvalue weighted by atomic mass is 10.0. The summed E-state index contributed by atoms with van der Waals surface area (Å²) in [5.74, 6) is -0.534. The molecule has 2 aliphatic rings. The second kappa shape index (κ2) is 4.42. The Bertz CT molecular complexity index is 473. The van der Waals surface area contributed by atoms with Crippen LogP contribution in [0, 0.1) is 0 Å². The first kappa shape index (κ1) is 11.2. The van der Waals surface area contributed by atoms with E-state index in [1.54, 1.807) is 0 Å². The normalized spacial score (nSPS) is 25.6. The fourth-order valence-electron chi connectivity index (χ4n) is 2.22. The monoisotopic (exact) mass is 247 g/mol. The van der Waals surface area contributed by atoms with Crippen LogP contribution in [0.5, 0.6) is 0 Å². The van der Waals surface area contributed by atoms with E-state index in [-0.39, 0.29) is 18.6 Å². The Morgan fingerprint density at radius 1 is 1.39 bits per heavy atom. The van der Waals surface area contributed by atoms with E-state index in [1.165, 1.54) is 4.90 Å². The Hall–Kier alpha value is -1.88. The summed E-state index contributed by atoms with van der Waals surface area (Å²) in [7, 11) is 0. The molecule has 0 saturated carbocycles. The van der Waals surface area contributed by atoms with Crippen LogP contribution in [0.3, 0.4) is 0 Å². The molecule has 0 bridgehead atoms. The number of hydrogen-bond acceptors (Lipinski definition) is 4. The highest BCUT2D eigenvalue weighted by atomic mass is 16.6. The first-order valence-corrected chi connectivity index (χ1v) is 5.89. The third kappa shape index (κ3) is 1.86. The second-order valence-electron chi connectivity index (χ2n) is 4.44. The Morgan fingerprint density at radius 2 is 2.17 bits per heavy atom. The Kier molecular flexibility index (Phi) is 2.76. The lowest BCUT2D eigenvalue weighted by molar-refractivity contribution is -0.171.